The molecule has 0 aromatic carbocycles. The SMILES string of the molecule is Cc1nc([C@](C)(N)C2CC2)no1. The lowest BCUT2D eigenvalue weighted by atomic mass is 9.97. The van der Waals surface area contributed by atoms with E-state index >= 15 is 0 Å². The van der Waals surface area contributed by atoms with Gasteiger partial charge in [0.2, 0.25) is 5.89 Å². The molecule has 1 aliphatic rings. The van der Waals surface area contributed by atoms with Crippen molar-refractivity contribution in [3.05, 3.63) is 11.7 Å². The van der Waals surface area contributed by atoms with Gasteiger partial charge < -0.3 is 10.3 Å². The molecule has 1 heterocycles. The van der Waals surface area contributed by atoms with E-state index in [0.717, 1.165) is 0 Å². The summed E-state index contributed by atoms with van der Waals surface area (Å²) < 4.78 is 4.89. The zero-order chi connectivity index (χ0) is 8.77. The zero-order valence-electron chi connectivity index (χ0n) is 7.37. The molecule has 2 rings (SSSR count). The maximum absolute atomic E-state index is 6.07. The van der Waals surface area contributed by atoms with E-state index in [2.05, 4.69) is 10.1 Å². The van der Waals surface area contributed by atoms with Crippen LogP contribution in [0.2, 0.25) is 0 Å². The summed E-state index contributed by atoms with van der Waals surface area (Å²) >= 11 is 0. The minimum absolute atomic E-state index is 0.391. The molecule has 1 aromatic heterocycles. The molecule has 0 bridgehead atoms. The Labute approximate surface area is 71.1 Å². The minimum atomic E-state index is -0.391. The van der Waals surface area contributed by atoms with Crippen molar-refractivity contribution in [1.29, 1.82) is 0 Å². The van der Waals surface area contributed by atoms with Gasteiger partial charge in [0.25, 0.3) is 0 Å². The second-order valence-electron chi connectivity index (χ2n) is 3.69. The predicted molar refractivity (Wildman–Crippen MR) is 43.3 cm³/mol. The molecule has 0 saturated heterocycles. The smallest absolute Gasteiger partial charge is 0.223 e. The number of rotatable bonds is 2. The molecular formula is C8H13N3O. The van der Waals surface area contributed by atoms with Crippen molar-refractivity contribution in [3.63, 3.8) is 0 Å². The van der Waals surface area contributed by atoms with Crippen LogP contribution in [0, 0.1) is 12.8 Å². The number of aromatic nitrogens is 2. The van der Waals surface area contributed by atoms with Crippen molar-refractivity contribution in [3.8, 4) is 0 Å². The first-order valence-corrected chi connectivity index (χ1v) is 4.20. The van der Waals surface area contributed by atoms with Gasteiger partial charge >= 0.3 is 0 Å². The van der Waals surface area contributed by atoms with E-state index in [0.29, 0.717) is 17.6 Å². The maximum Gasteiger partial charge on any atom is 0.223 e. The largest absolute Gasteiger partial charge is 0.340 e. The Kier molecular flexibility index (Phi) is 1.48. The van der Waals surface area contributed by atoms with Crippen molar-refractivity contribution in [1.82, 2.24) is 10.1 Å². The fourth-order valence-corrected chi connectivity index (χ4v) is 1.38. The van der Waals surface area contributed by atoms with Gasteiger partial charge in [-0.2, -0.15) is 4.98 Å². The van der Waals surface area contributed by atoms with Crippen molar-refractivity contribution in [2.75, 3.05) is 0 Å². The molecule has 4 nitrogen and oxygen atoms in total. The molecule has 1 aromatic rings. The third kappa shape index (κ3) is 1.12. The van der Waals surface area contributed by atoms with Crippen molar-refractivity contribution in [2.24, 2.45) is 11.7 Å². The van der Waals surface area contributed by atoms with Crippen LogP contribution in [-0.2, 0) is 5.54 Å². The van der Waals surface area contributed by atoms with Gasteiger partial charge in [0.05, 0.1) is 5.54 Å². The number of hydrogen-bond donors (Lipinski definition) is 1. The molecule has 4 heteroatoms. The molecule has 0 radical (unpaired) electrons. The summed E-state index contributed by atoms with van der Waals surface area (Å²) in [5.41, 5.74) is 5.68. The fourth-order valence-electron chi connectivity index (χ4n) is 1.38. The quantitative estimate of drug-likeness (QED) is 0.712. The standard InChI is InChI=1S/C8H13N3O/c1-5-10-7(11-12-5)8(2,9)6-3-4-6/h6H,3-4,9H2,1-2H3/t8-/m1/s1. The van der Waals surface area contributed by atoms with Crippen LogP contribution in [0.15, 0.2) is 4.52 Å². The lowest BCUT2D eigenvalue weighted by molar-refractivity contribution is 0.346. The van der Waals surface area contributed by atoms with Gasteiger partial charge in [-0.05, 0) is 25.7 Å². The van der Waals surface area contributed by atoms with E-state index in [1.165, 1.54) is 12.8 Å². The first kappa shape index (κ1) is 7.73. The van der Waals surface area contributed by atoms with Gasteiger partial charge in [0.15, 0.2) is 5.82 Å². The molecule has 1 fully saturated rings. The van der Waals surface area contributed by atoms with E-state index in [4.69, 9.17) is 10.3 Å². The Morgan fingerprint density at radius 2 is 2.25 bits per heavy atom. The summed E-state index contributed by atoms with van der Waals surface area (Å²) in [5, 5.41) is 3.84. The van der Waals surface area contributed by atoms with E-state index < -0.39 is 5.54 Å². The summed E-state index contributed by atoms with van der Waals surface area (Å²) in [6, 6.07) is 0. The lowest BCUT2D eigenvalue weighted by Gasteiger charge is -2.18. The Balaban J connectivity index is 2.27. The Bertz CT molecular complexity index is 288. The average molecular weight is 167 g/mol. The maximum atomic E-state index is 6.07. The van der Waals surface area contributed by atoms with Gasteiger partial charge in [0.1, 0.15) is 0 Å². The molecule has 0 amide bonds. The topological polar surface area (TPSA) is 64.9 Å². The number of nitrogens with two attached hydrogens (primary N) is 1. The molecule has 12 heavy (non-hydrogen) atoms. The summed E-state index contributed by atoms with van der Waals surface area (Å²) in [6.45, 7) is 3.74. The summed E-state index contributed by atoms with van der Waals surface area (Å²) in [6.07, 6.45) is 2.36. The van der Waals surface area contributed by atoms with Crippen molar-refractivity contribution < 1.29 is 4.52 Å². The Morgan fingerprint density at radius 3 is 2.67 bits per heavy atom. The third-order valence-corrected chi connectivity index (χ3v) is 2.43. The molecule has 1 saturated carbocycles. The first-order valence-electron chi connectivity index (χ1n) is 4.20. The Morgan fingerprint density at radius 1 is 1.58 bits per heavy atom. The van der Waals surface area contributed by atoms with Crippen LogP contribution in [0.5, 0.6) is 0 Å². The monoisotopic (exact) mass is 167 g/mol. The highest BCUT2D eigenvalue weighted by Crippen LogP contribution is 2.42. The second-order valence-corrected chi connectivity index (χ2v) is 3.69. The number of aryl methyl sites for hydroxylation is 1. The van der Waals surface area contributed by atoms with E-state index in [1.807, 2.05) is 6.92 Å². The third-order valence-electron chi connectivity index (χ3n) is 2.43. The van der Waals surface area contributed by atoms with Crippen LogP contribution in [0.4, 0.5) is 0 Å². The first-order chi connectivity index (χ1) is 5.60. The summed E-state index contributed by atoms with van der Waals surface area (Å²) in [4.78, 5) is 4.14. The summed E-state index contributed by atoms with van der Waals surface area (Å²) in [7, 11) is 0. The number of nitrogens with zero attached hydrogens (tertiary/aromatic N) is 2. The lowest BCUT2D eigenvalue weighted by Crippen LogP contribution is -2.36. The van der Waals surface area contributed by atoms with Crippen molar-refractivity contribution in [2.45, 2.75) is 32.2 Å². The van der Waals surface area contributed by atoms with Crippen LogP contribution in [0.3, 0.4) is 0 Å². The van der Waals surface area contributed by atoms with Gasteiger partial charge in [-0.15, -0.1) is 0 Å². The summed E-state index contributed by atoms with van der Waals surface area (Å²) in [5.74, 6) is 1.76. The van der Waals surface area contributed by atoms with E-state index in [9.17, 15) is 0 Å². The van der Waals surface area contributed by atoms with Crippen molar-refractivity contribution >= 4 is 0 Å². The van der Waals surface area contributed by atoms with E-state index in [1.54, 1.807) is 6.92 Å². The molecule has 0 unspecified atom stereocenters. The van der Waals surface area contributed by atoms with E-state index in [-0.39, 0.29) is 0 Å². The molecule has 1 atom stereocenters. The van der Waals surface area contributed by atoms with Crippen LogP contribution < -0.4 is 5.73 Å². The molecular weight excluding hydrogens is 154 g/mol. The van der Waals surface area contributed by atoms with Crippen LogP contribution >= 0.6 is 0 Å². The average Bonchev–Trinajstić information content (AvgIpc) is 2.75. The Hall–Kier alpha value is -0.900. The van der Waals surface area contributed by atoms with Gasteiger partial charge in [-0.1, -0.05) is 5.16 Å². The minimum Gasteiger partial charge on any atom is -0.340 e. The van der Waals surface area contributed by atoms with Gasteiger partial charge in [0, 0.05) is 6.92 Å². The second kappa shape index (κ2) is 2.29. The normalized spacial score (nSPS) is 22.2. The molecule has 0 aliphatic heterocycles. The highest BCUT2D eigenvalue weighted by Gasteiger charge is 2.42. The zero-order valence-corrected chi connectivity index (χ0v) is 7.37. The van der Waals surface area contributed by atoms with Crippen LogP contribution in [0.25, 0.3) is 0 Å². The number of hydrogen-bond acceptors (Lipinski definition) is 4. The highest BCUT2D eigenvalue weighted by atomic mass is 16.5. The van der Waals surface area contributed by atoms with Gasteiger partial charge in [-0.25, -0.2) is 0 Å². The van der Waals surface area contributed by atoms with Crippen LogP contribution in [-0.4, -0.2) is 10.1 Å². The van der Waals surface area contributed by atoms with Gasteiger partial charge in [-0.3, -0.25) is 0 Å². The van der Waals surface area contributed by atoms with Crippen LogP contribution in [0.1, 0.15) is 31.5 Å². The molecule has 66 valence electrons. The highest BCUT2D eigenvalue weighted by molar-refractivity contribution is 5.08. The molecule has 1 aliphatic carbocycles. The fraction of sp³-hybridized carbons (Fsp3) is 0.750. The predicted octanol–water partition coefficient (Wildman–Crippen LogP) is 0.962. The molecule has 0 spiro atoms. The molecule has 2 N–H and O–H groups in total.